The molecule has 0 unspecified atom stereocenters. The molecule has 1 aliphatic heterocycles. The van der Waals surface area contributed by atoms with Gasteiger partial charge in [-0.3, -0.25) is 4.79 Å². The van der Waals surface area contributed by atoms with Crippen LogP contribution in [0.15, 0.2) is 18.2 Å². The molecule has 0 bridgehead atoms. The topological polar surface area (TPSA) is 55.6 Å². The molecule has 0 aliphatic carbocycles. The SMILES string of the molecule is CCOc1c(N)cccc1C(=O)N1CCC(C)CC1. The first-order chi connectivity index (χ1) is 9.13. The van der Waals surface area contributed by atoms with Crippen LogP contribution >= 0.6 is 0 Å². The summed E-state index contributed by atoms with van der Waals surface area (Å²) >= 11 is 0. The molecule has 1 saturated heterocycles. The number of nitrogens with two attached hydrogens (primary N) is 1. The van der Waals surface area contributed by atoms with Crippen LogP contribution in [0.25, 0.3) is 0 Å². The Kier molecular flexibility index (Phi) is 4.30. The molecular weight excluding hydrogens is 240 g/mol. The fraction of sp³-hybridized carbons (Fsp3) is 0.533. The number of hydrogen-bond acceptors (Lipinski definition) is 3. The maximum atomic E-state index is 12.5. The van der Waals surface area contributed by atoms with Gasteiger partial charge in [-0.05, 0) is 37.8 Å². The van der Waals surface area contributed by atoms with Crippen molar-refractivity contribution in [2.75, 3.05) is 25.4 Å². The van der Waals surface area contributed by atoms with Crippen molar-refractivity contribution >= 4 is 11.6 Å². The largest absolute Gasteiger partial charge is 0.491 e. The summed E-state index contributed by atoms with van der Waals surface area (Å²) < 4.78 is 5.53. The van der Waals surface area contributed by atoms with E-state index in [2.05, 4.69) is 6.92 Å². The van der Waals surface area contributed by atoms with Crippen LogP contribution in [0, 0.1) is 5.92 Å². The van der Waals surface area contributed by atoms with Gasteiger partial charge in [-0.25, -0.2) is 0 Å². The van der Waals surface area contributed by atoms with Crippen molar-refractivity contribution in [3.8, 4) is 5.75 Å². The van der Waals surface area contributed by atoms with Crippen molar-refractivity contribution in [1.82, 2.24) is 4.90 Å². The number of anilines is 1. The molecule has 0 radical (unpaired) electrons. The van der Waals surface area contributed by atoms with Gasteiger partial charge in [0.25, 0.3) is 5.91 Å². The van der Waals surface area contributed by atoms with Crippen LogP contribution in [0.4, 0.5) is 5.69 Å². The number of benzene rings is 1. The number of nitrogens with zero attached hydrogens (tertiary/aromatic N) is 1. The molecule has 4 nitrogen and oxygen atoms in total. The Morgan fingerprint density at radius 1 is 1.42 bits per heavy atom. The summed E-state index contributed by atoms with van der Waals surface area (Å²) in [7, 11) is 0. The Morgan fingerprint density at radius 2 is 2.11 bits per heavy atom. The van der Waals surface area contributed by atoms with E-state index in [0.717, 1.165) is 25.9 Å². The van der Waals surface area contributed by atoms with E-state index in [1.54, 1.807) is 18.2 Å². The summed E-state index contributed by atoms with van der Waals surface area (Å²) in [6, 6.07) is 5.36. The lowest BCUT2D eigenvalue weighted by molar-refractivity contribution is 0.0693. The van der Waals surface area contributed by atoms with Crippen molar-refractivity contribution in [3.63, 3.8) is 0 Å². The molecule has 1 amide bonds. The second kappa shape index (κ2) is 5.95. The lowest BCUT2D eigenvalue weighted by Gasteiger charge is -2.30. The first-order valence-corrected chi connectivity index (χ1v) is 6.94. The highest BCUT2D eigenvalue weighted by Gasteiger charge is 2.24. The van der Waals surface area contributed by atoms with Crippen molar-refractivity contribution < 1.29 is 9.53 Å². The Bertz CT molecular complexity index is 451. The van der Waals surface area contributed by atoms with E-state index in [0.29, 0.717) is 29.5 Å². The van der Waals surface area contributed by atoms with Crippen LogP contribution in [-0.2, 0) is 0 Å². The number of nitrogen functional groups attached to an aromatic ring is 1. The van der Waals surface area contributed by atoms with E-state index in [9.17, 15) is 4.79 Å². The predicted octanol–water partition coefficient (Wildman–Crippen LogP) is 2.54. The number of piperidine rings is 1. The second-order valence-electron chi connectivity index (χ2n) is 5.13. The third kappa shape index (κ3) is 3.00. The average Bonchev–Trinajstić information content (AvgIpc) is 2.41. The number of carbonyl (C=O) groups is 1. The standard InChI is InChI=1S/C15H22N2O2/c1-3-19-14-12(5-4-6-13(14)16)15(18)17-9-7-11(2)8-10-17/h4-6,11H,3,7-10,16H2,1-2H3. The third-order valence-corrected chi connectivity index (χ3v) is 3.64. The third-order valence-electron chi connectivity index (χ3n) is 3.64. The maximum Gasteiger partial charge on any atom is 0.257 e. The molecule has 1 aromatic rings. The molecule has 4 heteroatoms. The smallest absolute Gasteiger partial charge is 0.257 e. The van der Waals surface area contributed by atoms with E-state index in [1.165, 1.54) is 0 Å². The summed E-state index contributed by atoms with van der Waals surface area (Å²) in [5.74, 6) is 1.26. The molecule has 1 aliphatic rings. The Balaban J connectivity index is 2.21. The van der Waals surface area contributed by atoms with Crippen molar-refractivity contribution in [3.05, 3.63) is 23.8 Å². The van der Waals surface area contributed by atoms with Crippen LogP contribution < -0.4 is 10.5 Å². The molecule has 0 atom stereocenters. The van der Waals surface area contributed by atoms with Crippen LogP contribution in [0.5, 0.6) is 5.75 Å². The van der Waals surface area contributed by atoms with Gasteiger partial charge in [0.15, 0.2) is 5.75 Å². The number of carbonyl (C=O) groups excluding carboxylic acids is 1. The molecule has 2 rings (SSSR count). The van der Waals surface area contributed by atoms with Crippen LogP contribution in [0.3, 0.4) is 0 Å². The zero-order chi connectivity index (χ0) is 13.8. The number of amides is 1. The zero-order valence-electron chi connectivity index (χ0n) is 11.7. The van der Waals surface area contributed by atoms with Gasteiger partial charge in [0.05, 0.1) is 17.9 Å². The normalized spacial score (nSPS) is 16.4. The average molecular weight is 262 g/mol. The molecule has 1 aromatic carbocycles. The first-order valence-electron chi connectivity index (χ1n) is 6.94. The summed E-state index contributed by atoms with van der Waals surface area (Å²) in [5, 5.41) is 0. The summed E-state index contributed by atoms with van der Waals surface area (Å²) in [4.78, 5) is 14.4. The molecule has 104 valence electrons. The monoisotopic (exact) mass is 262 g/mol. The van der Waals surface area contributed by atoms with Gasteiger partial charge in [0.2, 0.25) is 0 Å². The van der Waals surface area contributed by atoms with E-state index < -0.39 is 0 Å². The number of rotatable bonds is 3. The molecule has 19 heavy (non-hydrogen) atoms. The zero-order valence-corrected chi connectivity index (χ0v) is 11.7. The number of likely N-dealkylation sites (tertiary alicyclic amines) is 1. The lowest BCUT2D eigenvalue weighted by atomic mass is 9.98. The van der Waals surface area contributed by atoms with Crippen LogP contribution in [-0.4, -0.2) is 30.5 Å². The minimum atomic E-state index is 0.0302. The molecule has 0 spiro atoms. The van der Waals surface area contributed by atoms with Gasteiger partial charge in [-0.2, -0.15) is 0 Å². The lowest BCUT2D eigenvalue weighted by Crippen LogP contribution is -2.38. The van der Waals surface area contributed by atoms with Gasteiger partial charge in [-0.15, -0.1) is 0 Å². The summed E-state index contributed by atoms with van der Waals surface area (Å²) in [5.41, 5.74) is 7.01. The fourth-order valence-corrected chi connectivity index (χ4v) is 2.41. The van der Waals surface area contributed by atoms with Gasteiger partial charge in [0, 0.05) is 13.1 Å². The highest BCUT2D eigenvalue weighted by molar-refractivity contribution is 5.98. The number of hydrogen-bond donors (Lipinski definition) is 1. The van der Waals surface area contributed by atoms with Gasteiger partial charge in [-0.1, -0.05) is 13.0 Å². The van der Waals surface area contributed by atoms with E-state index in [4.69, 9.17) is 10.5 Å². The van der Waals surface area contributed by atoms with E-state index in [1.807, 2.05) is 11.8 Å². The minimum Gasteiger partial charge on any atom is -0.491 e. The molecule has 1 heterocycles. The number of ether oxygens (including phenoxy) is 1. The first kappa shape index (κ1) is 13.7. The molecule has 0 aromatic heterocycles. The van der Waals surface area contributed by atoms with Crippen molar-refractivity contribution in [1.29, 1.82) is 0 Å². The highest BCUT2D eigenvalue weighted by Crippen LogP contribution is 2.28. The minimum absolute atomic E-state index is 0.0302. The van der Waals surface area contributed by atoms with E-state index in [-0.39, 0.29) is 5.91 Å². The maximum absolute atomic E-state index is 12.5. The Morgan fingerprint density at radius 3 is 2.74 bits per heavy atom. The Hall–Kier alpha value is -1.71. The molecule has 1 fully saturated rings. The highest BCUT2D eigenvalue weighted by atomic mass is 16.5. The fourth-order valence-electron chi connectivity index (χ4n) is 2.41. The molecule has 2 N–H and O–H groups in total. The van der Waals surface area contributed by atoms with Crippen LogP contribution in [0.1, 0.15) is 37.0 Å². The van der Waals surface area contributed by atoms with Crippen LogP contribution in [0.2, 0.25) is 0 Å². The van der Waals surface area contributed by atoms with Gasteiger partial charge < -0.3 is 15.4 Å². The summed E-state index contributed by atoms with van der Waals surface area (Å²) in [6.45, 7) is 6.27. The van der Waals surface area contributed by atoms with Crippen molar-refractivity contribution in [2.24, 2.45) is 5.92 Å². The van der Waals surface area contributed by atoms with Crippen molar-refractivity contribution in [2.45, 2.75) is 26.7 Å². The quantitative estimate of drug-likeness (QED) is 0.852. The Labute approximate surface area is 114 Å². The van der Waals surface area contributed by atoms with Gasteiger partial charge >= 0.3 is 0 Å². The summed E-state index contributed by atoms with van der Waals surface area (Å²) in [6.07, 6.45) is 2.13. The molecular formula is C15H22N2O2. The molecule has 0 saturated carbocycles. The van der Waals surface area contributed by atoms with E-state index >= 15 is 0 Å². The van der Waals surface area contributed by atoms with Gasteiger partial charge in [0.1, 0.15) is 0 Å². The number of para-hydroxylation sites is 1. The predicted molar refractivity (Wildman–Crippen MR) is 76.3 cm³/mol. The second-order valence-corrected chi connectivity index (χ2v) is 5.13.